The number of unbranched alkanes of at least 4 members (excludes halogenated alkanes) is 2. The largest absolute Gasteiger partial charge is 0.359 e. The summed E-state index contributed by atoms with van der Waals surface area (Å²) in [5.74, 6) is 0.196. The summed E-state index contributed by atoms with van der Waals surface area (Å²) < 4.78 is 25.3. The second-order valence-corrected chi connectivity index (χ2v) is 10.2. The van der Waals surface area contributed by atoms with E-state index in [2.05, 4.69) is 18.8 Å². The molecule has 1 amide bonds. The molecule has 0 spiro atoms. The number of Topliss-reactive ketones (excluding diaryl/α,β-unsaturated/α-hetero) is 1. The van der Waals surface area contributed by atoms with E-state index in [0.29, 0.717) is 50.4 Å². The fourth-order valence-corrected chi connectivity index (χ4v) is 4.90. The number of ketones is 1. The smallest absolute Gasteiger partial charge is 0.338 e. The van der Waals surface area contributed by atoms with Gasteiger partial charge in [-0.25, -0.2) is 0 Å². The molecular weight excluding hydrogens is 439 g/mol. The highest BCUT2D eigenvalue weighted by molar-refractivity contribution is 7.54. The second kappa shape index (κ2) is 16.7. The molecule has 1 unspecified atom stereocenters. The van der Waals surface area contributed by atoms with Gasteiger partial charge in [-0.2, -0.15) is 4.99 Å². The van der Waals surface area contributed by atoms with Gasteiger partial charge in [0, 0.05) is 25.1 Å². The quantitative estimate of drug-likeness (QED) is 0.115. The fraction of sp³-hybridized carbons (Fsp3) is 0.640. The number of hydrogen-bond donors (Lipinski definition) is 0. The molecule has 0 aliphatic carbocycles. The molecule has 0 aliphatic heterocycles. The summed E-state index contributed by atoms with van der Waals surface area (Å²) in [4.78, 5) is 30.4. The molecular formula is C25H41N2O5P. The van der Waals surface area contributed by atoms with Gasteiger partial charge in [-0.3, -0.25) is 9.36 Å². The number of hydrogen-bond acceptors (Lipinski definition) is 5. The van der Waals surface area contributed by atoms with Crippen molar-refractivity contribution in [2.24, 2.45) is 4.99 Å². The first-order valence-electron chi connectivity index (χ1n) is 12.1. The molecule has 0 radical (unpaired) electrons. The molecule has 8 heteroatoms. The predicted molar refractivity (Wildman–Crippen MR) is 134 cm³/mol. The Morgan fingerprint density at radius 3 is 2.06 bits per heavy atom. The maximum Gasteiger partial charge on any atom is 0.338 e. The highest BCUT2D eigenvalue weighted by Gasteiger charge is 2.30. The summed E-state index contributed by atoms with van der Waals surface area (Å²) in [6.07, 6.45) is 5.12. The summed E-state index contributed by atoms with van der Waals surface area (Å²) in [5.41, 5.74) is 0.481. The van der Waals surface area contributed by atoms with Crippen molar-refractivity contribution in [3.05, 3.63) is 35.9 Å². The van der Waals surface area contributed by atoms with Crippen molar-refractivity contribution in [2.45, 2.75) is 72.6 Å². The zero-order chi connectivity index (χ0) is 24.5. The fourth-order valence-electron chi connectivity index (χ4n) is 3.21. The van der Waals surface area contributed by atoms with Gasteiger partial charge >= 0.3 is 7.60 Å². The van der Waals surface area contributed by atoms with E-state index in [1.54, 1.807) is 31.2 Å². The van der Waals surface area contributed by atoms with Crippen LogP contribution in [0.5, 0.6) is 0 Å². The Hall–Kier alpha value is -1.82. The number of aliphatic imine (C=N–C) groups is 1. The third-order valence-corrected chi connectivity index (χ3v) is 6.76. The molecule has 7 nitrogen and oxygen atoms in total. The van der Waals surface area contributed by atoms with Gasteiger partial charge in [0.05, 0.1) is 13.2 Å². The molecule has 0 heterocycles. The number of carbonyl (C=O) groups is 2. The number of amides is 1. The van der Waals surface area contributed by atoms with Crippen LogP contribution >= 0.6 is 7.60 Å². The molecule has 0 aromatic heterocycles. The van der Waals surface area contributed by atoms with E-state index in [1.165, 1.54) is 0 Å². The third-order valence-electron chi connectivity index (χ3n) is 4.94. The van der Waals surface area contributed by atoms with Crippen LogP contribution in [0.4, 0.5) is 0 Å². The number of benzene rings is 1. The van der Waals surface area contributed by atoms with E-state index in [0.717, 1.165) is 25.7 Å². The van der Waals surface area contributed by atoms with Crippen LogP contribution in [-0.4, -0.2) is 54.9 Å². The molecule has 1 aromatic carbocycles. The lowest BCUT2D eigenvalue weighted by molar-refractivity contribution is -0.117. The van der Waals surface area contributed by atoms with Gasteiger partial charge in [0.2, 0.25) is 0 Å². The Morgan fingerprint density at radius 2 is 1.52 bits per heavy atom. The van der Waals surface area contributed by atoms with Crippen molar-refractivity contribution in [1.82, 2.24) is 4.90 Å². The Bertz CT molecular complexity index is 776. The van der Waals surface area contributed by atoms with Crippen LogP contribution in [0.25, 0.3) is 0 Å². The number of rotatable bonds is 17. The summed E-state index contributed by atoms with van der Waals surface area (Å²) in [5, 5.41) is 0. The SMILES string of the molecule is CCCCOP(=O)(CC(=NC(=O)c1ccccc1)N(CCC)CCC)OCCCCC(C)=O. The normalized spacial score (nSPS) is 13.5. The number of amidine groups is 1. The Labute approximate surface area is 199 Å². The van der Waals surface area contributed by atoms with Gasteiger partial charge in [0.15, 0.2) is 0 Å². The first kappa shape index (κ1) is 29.2. The van der Waals surface area contributed by atoms with Gasteiger partial charge in [0.1, 0.15) is 17.8 Å². The van der Waals surface area contributed by atoms with Crippen LogP contribution in [0.15, 0.2) is 35.3 Å². The standard InChI is InChI=1S/C25H41N2O5P/c1-5-8-19-31-33(30,32-20-13-12-14-22(4)28)21-24(27(17-6-2)18-7-3)26-25(29)23-15-10-9-11-16-23/h9-11,15-16H,5-8,12-14,17-21H2,1-4H3. The van der Waals surface area contributed by atoms with Gasteiger partial charge in [-0.1, -0.05) is 45.4 Å². The van der Waals surface area contributed by atoms with Gasteiger partial charge in [0.25, 0.3) is 5.91 Å². The van der Waals surface area contributed by atoms with Crippen LogP contribution in [0, 0.1) is 0 Å². The van der Waals surface area contributed by atoms with Crippen LogP contribution in [0.2, 0.25) is 0 Å². The molecule has 0 fully saturated rings. The first-order valence-corrected chi connectivity index (χ1v) is 13.9. The van der Waals surface area contributed by atoms with Crippen LogP contribution < -0.4 is 0 Å². The molecule has 33 heavy (non-hydrogen) atoms. The molecule has 0 bridgehead atoms. The molecule has 1 aromatic rings. The van der Waals surface area contributed by atoms with Crippen LogP contribution in [0.3, 0.4) is 0 Å². The van der Waals surface area contributed by atoms with Gasteiger partial charge < -0.3 is 18.7 Å². The zero-order valence-corrected chi connectivity index (χ0v) is 21.6. The van der Waals surface area contributed by atoms with Crippen LogP contribution in [0.1, 0.15) is 83.0 Å². The minimum absolute atomic E-state index is 0.0536. The topological polar surface area (TPSA) is 85.3 Å². The second-order valence-electron chi connectivity index (χ2n) is 8.13. The predicted octanol–water partition coefficient (Wildman–Crippen LogP) is 6.13. The van der Waals surface area contributed by atoms with Crippen molar-refractivity contribution in [3.8, 4) is 0 Å². The van der Waals surface area contributed by atoms with E-state index in [4.69, 9.17) is 9.05 Å². The minimum Gasteiger partial charge on any atom is -0.359 e. The zero-order valence-electron chi connectivity index (χ0n) is 20.8. The summed E-state index contributed by atoms with van der Waals surface area (Å²) in [6.45, 7) is 9.66. The molecule has 0 aliphatic rings. The maximum atomic E-state index is 13.7. The van der Waals surface area contributed by atoms with E-state index in [1.807, 2.05) is 17.9 Å². The van der Waals surface area contributed by atoms with Crippen molar-refractivity contribution in [2.75, 3.05) is 32.5 Å². The summed E-state index contributed by atoms with van der Waals surface area (Å²) >= 11 is 0. The summed E-state index contributed by atoms with van der Waals surface area (Å²) in [7, 11) is -3.53. The highest BCUT2D eigenvalue weighted by Crippen LogP contribution is 2.49. The van der Waals surface area contributed by atoms with Crippen LogP contribution in [-0.2, 0) is 18.4 Å². The lowest BCUT2D eigenvalue weighted by Gasteiger charge is -2.28. The average Bonchev–Trinajstić information content (AvgIpc) is 2.79. The average molecular weight is 481 g/mol. The highest BCUT2D eigenvalue weighted by atomic mass is 31.2. The van der Waals surface area contributed by atoms with Gasteiger partial charge in [-0.05, 0) is 51.2 Å². The monoisotopic (exact) mass is 480 g/mol. The third kappa shape index (κ3) is 12.3. The van der Waals surface area contributed by atoms with E-state index >= 15 is 0 Å². The van der Waals surface area contributed by atoms with Crippen molar-refractivity contribution < 1.29 is 23.2 Å². The Balaban J connectivity index is 3.12. The number of carbonyl (C=O) groups excluding carboxylic acids is 2. The first-order chi connectivity index (χ1) is 15.8. The van der Waals surface area contributed by atoms with E-state index in [-0.39, 0.29) is 24.5 Å². The molecule has 0 N–H and O–H groups in total. The summed E-state index contributed by atoms with van der Waals surface area (Å²) in [6, 6.07) is 8.87. The lowest BCUT2D eigenvalue weighted by Crippen LogP contribution is -2.36. The lowest BCUT2D eigenvalue weighted by atomic mass is 10.2. The molecule has 1 rings (SSSR count). The van der Waals surface area contributed by atoms with E-state index < -0.39 is 7.60 Å². The molecule has 186 valence electrons. The number of nitrogens with zero attached hydrogens (tertiary/aromatic N) is 2. The van der Waals surface area contributed by atoms with Gasteiger partial charge in [-0.15, -0.1) is 0 Å². The molecule has 0 saturated heterocycles. The van der Waals surface area contributed by atoms with Crippen molar-refractivity contribution in [1.29, 1.82) is 0 Å². The minimum atomic E-state index is -3.53. The Kier molecular flexibility index (Phi) is 14.8. The van der Waals surface area contributed by atoms with Crippen molar-refractivity contribution >= 4 is 25.1 Å². The maximum absolute atomic E-state index is 13.7. The Morgan fingerprint density at radius 1 is 0.909 bits per heavy atom. The molecule has 1 atom stereocenters. The van der Waals surface area contributed by atoms with E-state index in [9.17, 15) is 14.2 Å². The molecule has 0 saturated carbocycles. The van der Waals surface area contributed by atoms with Crippen molar-refractivity contribution in [3.63, 3.8) is 0 Å².